The number of nitrogens with zero attached hydrogens (tertiary/aromatic N) is 2. The van der Waals surface area contributed by atoms with Gasteiger partial charge in [0.15, 0.2) is 5.78 Å². The van der Waals surface area contributed by atoms with E-state index >= 15 is 0 Å². The fourth-order valence-electron chi connectivity index (χ4n) is 4.57. The van der Waals surface area contributed by atoms with Gasteiger partial charge in [0.1, 0.15) is 0 Å². The van der Waals surface area contributed by atoms with Crippen molar-refractivity contribution in [1.82, 2.24) is 4.90 Å². The lowest BCUT2D eigenvalue weighted by Gasteiger charge is -2.37. The van der Waals surface area contributed by atoms with E-state index in [0.29, 0.717) is 32.7 Å². The van der Waals surface area contributed by atoms with Crippen LogP contribution in [0.2, 0.25) is 0 Å². The van der Waals surface area contributed by atoms with Gasteiger partial charge in [-0.1, -0.05) is 26.0 Å². The van der Waals surface area contributed by atoms with E-state index in [1.807, 2.05) is 36.1 Å². The van der Waals surface area contributed by atoms with E-state index in [2.05, 4.69) is 24.1 Å². The molecule has 1 aliphatic carbocycles. The Kier molecular flexibility index (Phi) is 4.91. The number of amides is 1. The predicted octanol–water partition coefficient (Wildman–Crippen LogP) is 2.81. The Labute approximate surface area is 166 Å². The van der Waals surface area contributed by atoms with Crippen molar-refractivity contribution in [3.63, 3.8) is 0 Å². The summed E-state index contributed by atoms with van der Waals surface area (Å²) in [5.41, 5.74) is 3.69. The zero-order valence-electron chi connectivity index (χ0n) is 17.0. The number of benzene rings is 1. The van der Waals surface area contributed by atoms with E-state index in [9.17, 15) is 9.59 Å². The maximum atomic E-state index is 13.1. The molecule has 6 heteroatoms. The third kappa shape index (κ3) is 3.53. The molecule has 3 aliphatic rings. The molecule has 0 unspecified atom stereocenters. The molecule has 1 aromatic rings. The average molecular weight is 383 g/mol. The number of morpholine rings is 1. The molecule has 1 amide bonds. The summed E-state index contributed by atoms with van der Waals surface area (Å²) in [6.07, 6.45) is 1.37. The van der Waals surface area contributed by atoms with Crippen molar-refractivity contribution in [2.45, 2.75) is 39.7 Å². The number of allylic oxidation sites excluding steroid dienone is 1. The molecule has 0 spiro atoms. The van der Waals surface area contributed by atoms with Gasteiger partial charge in [0.05, 0.1) is 37.2 Å². The maximum absolute atomic E-state index is 13.1. The number of carbonyl (C=O) groups is 2. The van der Waals surface area contributed by atoms with Gasteiger partial charge >= 0.3 is 0 Å². The highest BCUT2D eigenvalue weighted by Crippen LogP contribution is 2.43. The maximum Gasteiger partial charge on any atom is 0.242 e. The second-order valence-corrected chi connectivity index (χ2v) is 8.77. The summed E-state index contributed by atoms with van der Waals surface area (Å²) < 4.78 is 5.37. The normalized spacial score (nSPS) is 24.2. The summed E-state index contributed by atoms with van der Waals surface area (Å²) in [5.74, 6) is 0.264. The summed E-state index contributed by atoms with van der Waals surface area (Å²) in [5, 5.41) is 3.53. The lowest BCUT2D eigenvalue weighted by molar-refractivity contribution is -0.133. The smallest absolute Gasteiger partial charge is 0.242 e. The first kappa shape index (κ1) is 19.0. The number of hydrogen-bond donors (Lipinski definition) is 1. The van der Waals surface area contributed by atoms with Crippen LogP contribution in [0.3, 0.4) is 0 Å². The molecular weight excluding hydrogens is 354 g/mol. The summed E-state index contributed by atoms with van der Waals surface area (Å²) in [7, 11) is 0. The first-order valence-electron chi connectivity index (χ1n) is 10.1. The summed E-state index contributed by atoms with van der Waals surface area (Å²) in [4.78, 5) is 30.0. The Hall–Kier alpha value is -2.34. The van der Waals surface area contributed by atoms with Gasteiger partial charge in [-0.15, -0.1) is 0 Å². The number of rotatable bonds is 2. The zero-order chi connectivity index (χ0) is 19.9. The fourth-order valence-corrected chi connectivity index (χ4v) is 4.57. The Morgan fingerprint density at radius 3 is 2.68 bits per heavy atom. The number of nitrogens with one attached hydrogen (secondary N) is 1. The molecule has 1 atom stereocenters. The lowest BCUT2D eigenvalue weighted by atomic mass is 9.74. The van der Waals surface area contributed by atoms with Crippen molar-refractivity contribution < 1.29 is 14.3 Å². The molecule has 2 heterocycles. The number of ketones is 1. The second kappa shape index (κ2) is 7.24. The number of carbonyl (C=O) groups excluding carboxylic acids is 2. The van der Waals surface area contributed by atoms with Gasteiger partial charge in [-0.3, -0.25) is 9.59 Å². The number of hydrogen-bond acceptors (Lipinski definition) is 5. The molecule has 1 fully saturated rings. The number of para-hydroxylation sites is 2. The van der Waals surface area contributed by atoms with E-state index in [-0.39, 0.29) is 29.7 Å². The van der Waals surface area contributed by atoms with Crippen LogP contribution in [0.5, 0.6) is 0 Å². The first-order valence-corrected chi connectivity index (χ1v) is 10.1. The third-order valence-electron chi connectivity index (χ3n) is 5.97. The topological polar surface area (TPSA) is 61.9 Å². The quantitative estimate of drug-likeness (QED) is 0.851. The molecule has 28 heavy (non-hydrogen) atoms. The van der Waals surface area contributed by atoms with Crippen LogP contribution in [-0.2, 0) is 14.3 Å². The van der Waals surface area contributed by atoms with Gasteiger partial charge in [-0.05, 0) is 30.9 Å². The fraction of sp³-hybridized carbons (Fsp3) is 0.545. The van der Waals surface area contributed by atoms with Gasteiger partial charge in [0.25, 0.3) is 0 Å². The number of Topliss-reactive ketones (excluding diaryl/α,β-unsaturated/α-hetero) is 1. The molecule has 0 radical (unpaired) electrons. The Balaban J connectivity index is 1.70. The van der Waals surface area contributed by atoms with Crippen molar-refractivity contribution in [1.29, 1.82) is 0 Å². The molecule has 0 bridgehead atoms. The van der Waals surface area contributed by atoms with Crippen LogP contribution in [-0.4, -0.2) is 55.5 Å². The van der Waals surface area contributed by atoms with Gasteiger partial charge in [0.2, 0.25) is 5.91 Å². The van der Waals surface area contributed by atoms with Crippen LogP contribution in [0, 0.1) is 5.41 Å². The monoisotopic (exact) mass is 383 g/mol. The molecular formula is C22H29N3O3. The molecule has 150 valence electrons. The minimum atomic E-state index is -0.153. The molecule has 1 aromatic carbocycles. The van der Waals surface area contributed by atoms with Crippen LogP contribution in [0.25, 0.3) is 0 Å². The summed E-state index contributed by atoms with van der Waals surface area (Å²) in [6, 6.07) is 7.87. The molecule has 0 saturated carbocycles. The van der Waals surface area contributed by atoms with E-state index in [4.69, 9.17) is 4.74 Å². The van der Waals surface area contributed by atoms with Crippen molar-refractivity contribution >= 4 is 23.1 Å². The van der Waals surface area contributed by atoms with E-state index in [1.54, 1.807) is 0 Å². The third-order valence-corrected chi connectivity index (χ3v) is 5.97. The van der Waals surface area contributed by atoms with Crippen molar-refractivity contribution in [2.24, 2.45) is 5.41 Å². The number of ether oxygens (including phenoxy) is 1. The van der Waals surface area contributed by atoms with Gasteiger partial charge in [0, 0.05) is 30.8 Å². The minimum absolute atomic E-state index is 0.0592. The predicted molar refractivity (Wildman–Crippen MR) is 109 cm³/mol. The molecule has 1 saturated heterocycles. The van der Waals surface area contributed by atoms with Crippen molar-refractivity contribution in [2.75, 3.05) is 43.1 Å². The molecule has 6 nitrogen and oxygen atoms in total. The second-order valence-electron chi connectivity index (χ2n) is 8.77. The Morgan fingerprint density at radius 2 is 1.93 bits per heavy atom. The zero-order valence-corrected chi connectivity index (χ0v) is 17.0. The van der Waals surface area contributed by atoms with E-state index in [1.165, 1.54) is 0 Å². The largest absolute Gasteiger partial charge is 0.378 e. The summed E-state index contributed by atoms with van der Waals surface area (Å²) >= 11 is 0. The van der Waals surface area contributed by atoms with Crippen LogP contribution >= 0.6 is 0 Å². The van der Waals surface area contributed by atoms with Crippen LogP contribution < -0.4 is 10.2 Å². The van der Waals surface area contributed by atoms with Crippen LogP contribution in [0.15, 0.2) is 35.5 Å². The summed E-state index contributed by atoms with van der Waals surface area (Å²) in [6.45, 7) is 9.00. The first-order chi connectivity index (χ1) is 13.4. The SMILES string of the molecule is C[C@@H]1C2=C(CC(C)(C)CC2=O)Nc2ccccc2N1CC(=O)N1CCOCC1. The van der Waals surface area contributed by atoms with Gasteiger partial charge < -0.3 is 19.9 Å². The Bertz CT molecular complexity index is 824. The van der Waals surface area contributed by atoms with Gasteiger partial charge in [-0.25, -0.2) is 0 Å². The standard InChI is InChI=1S/C22H29N3O3/c1-15-21-17(12-22(2,3)13-19(21)26)23-16-6-4-5-7-18(16)25(15)14-20(27)24-8-10-28-11-9-24/h4-7,15,23H,8-14H2,1-3H3/t15-/m1/s1. The molecule has 4 rings (SSSR count). The molecule has 1 N–H and O–H groups in total. The van der Waals surface area contributed by atoms with Crippen molar-refractivity contribution in [3.8, 4) is 0 Å². The number of fused-ring (bicyclic) bond motifs is 1. The van der Waals surface area contributed by atoms with Crippen molar-refractivity contribution in [3.05, 3.63) is 35.5 Å². The highest BCUT2D eigenvalue weighted by molar-refractivity contribution is 6.01. The average Bonchev–Trinajstić information content (AvgIpc) is 2.76. The van der Waals surface area contributed by atoms with Crippen LogP contribution in [0.1, 0.15) is 33.6 Å². The van der Waals surface area contributed by atoms with E-state index in [0.717, 1.165) is 29.1 Å². The molecule has 2 aliphatic heterocycles. The highest BCUT2D eigenvalue weighted by atomic mass is 16.5. The number of anilines is 2. The highest BCUT2D eigenvalue weighted by Gasteiger charge is 2.39. The van der Waals surface area contributed by atoms with Gasteiger partial charge in [-0.2, -0.15) is 0 Å². The van der Waals surface area contributed by atoms with E-state index < -0.39 is 0 Å². The lowest BCUT2D eigenvalue weighted by Crippen LogP contribution is -2.49. The molecule has 0 aromatic heterocycles. The Morgan fingerprint density at radius 1 is 1.21 bits per heavy atom. The van der Waals surface area contributed by atoms with Crippen LogP contribution in [0.4, 0.5) is 11.4 Å². The minimum Gasteiger partial charge on any atom is -0.378 e.